The van der Waals surface area contributed by atoms with Crippen LogP contribution >= 0.6 is 0 Å². The fourth-order valence-electron chi connectivity index (χ4n) is 3.69. The molecule has 31 heavy (non-hydrogen) atoms. The lowest BCUT2D eigenvalue weighted by atomic mass is 9.97. The summed E-state index contributed by atoms with van der Waals surface area (Å²) in [4.78, 5) is 30.2. The topological polar surface area (TPSA) is 127 Å². The summed E-state index contributed by atoms with van der Waals surface area (Å²) >= 11 is 0. The molecule has 1 fully saturated rings. The Kier molecular flexibility index (Phi) is 6.42. The number of benzene rings is 1. The molecule has 0 radical (unpaired) electrons. The van der Waals surface area contributed by atoms with E-state index >= 15 is 0 Å². The van der Waals surface area contributed by atoms with Gasteiger partial charge in [0.1, 0.15) is 0 Å². The van der Waals surface area contributed by atoms with Gasteiger partial charge >= 0.3 is 0 Å². The van der Waals surface area contributed by atoms with Gasteiger partial charge in [-0.1, -0.05) is 17.3 Å². The first-order valence-electron chi connectivity index (χ1n) is 10.3. The van der Waals surface area contributed by atoms with E-state index in [1.807, 2.05) is 24.3 Å². The van der Waals surface area contributed by atoms with Crippen molar-refractivity contribution in [3.05, 3.63) is 54.1 Å². The highest BCUT2D eigenvalue weighted by Crippen LogP contribution is 2.20. The minimum Gasteiger partial charge on any atom is -0.461 e. The van der Waals surface area contributed by atoms with Crippen LogP contribution in [0, 0.1) is 5.92 Å². The maximum absolute atomic E-state index is 12.3. The van der Waals surface area contributed by atoms with Crippen LogP contribution in [-0.4, -0.2) is 39.9 Å². The number of anilines is 1. The summed E-state index contributed by atoms with van der Waals surface area (Å²) in [5, 5.41) is 6.73. The van der Waals surface area contributed by atoms with E-state index in [0.29, 0.717) is 30.4 Å². The molecule has 0 bridgehead atoms. The normalized spacial score (nSPS) is 16.8. The number of piperidine rings is 1. The van der Waals surface area contributed by atoms with Crippen molar-refractivity contribution in [3.8, 4) is 11.6 Å². The number of furan rings is 1. The summed E-state index contributed by atoms with van der Waals surface area (Å²) in [6.07, 6.45) is 3.95. The predicted molar refractivity (Wildman–Crippen MR) is 113 cm³/mol. The van der Waals surface area contributed by atoms with E-state index in [4.69, 9.17) is 14.7 Å². The molecule has 9 heteroatoms. The van der Waals surface area contributed by atoms with Crippen LogP contribution in [0.2, 0.25) is 0 Å². The first-order chi connectivity index (χ1) is 15.1. The van der Waals surface area contributed by atoms with Crippen LogP contribution in [0.3, 0.4) is 0 Å². The molecule has 0 spiro atoms. The van der Waals surface area contributed by atoms with Crippen molar-refractivity contribution in [2.75, 3.05) is 18.4 Å². The van der Waals surface area contributed by atoms with Gasteiger partial charge in [-0.25, -0.2) is 0 Å². The van der Waals surface area contributed by atoms with Gasteiger partial charge in [0.2, 0.25) is 23.5 Å². The summed E-state index contributed by atoms with van der Waals surface area (Å²) in [7, 11) is 0. The molecule has 1 saturated heterocycles. The number of aryl methyl sites for hydroxylation is 1. The second-order valence-electron chi connectivity index (χ2n) is 7.71. The van der Waals surface area contributed by atoms with E-state index in [1.165, 1.54) is 6.26 Å². The summed E-state index contributed by atoms with van der Waals surface area (Å²) < 4.78 is 10.4. The number of amides is 2. The Morgan fingerprint density at radius 3 is 2.81 bits per heavy atom. The van der Waals surface area contributed by atoms with E-state index in [-0.39, 0.29) is 24.2 Å². The van der Waals surface area contributed by atoms with Gasteiger partial charge in [-0.3, -0.25) is 14.5 Å². The van der Waals surface area contributed by atoms with Crippen molar-refractivity contribution >= 4 is 17.5 Å². The average Bonchev–Trinajstić information content (AvgIpc) is 3.46. The highest BCUT2D eigenvalue weighted by molar-refractivity contribution is 5.90. The molecule has 0 saturated carbocycles. The number of primary amides is 1. The summed E-state index contributed by atoms with van der Waals surface area (Å²) in [6.45, 7) is 2.41. The van der Waals surface area contributed by atoms with Gasteiger partial charge in [0.25, 0.3) is 0 Å². The van der Waals surface area contributed by atoms with Gasteiger partial charge in [-0.15, -0.1) is 0 Å². The van der Waals surface area contributed by atoms with Crippen LogP contribution in [0.25, 0.3) is 11.6 Å². The van der Waals surface area contributed by atoms with E-state index in [0.717, 1.165) is 37.2 Å². The fraction of sp³-hybridized carbons (Fsp3) is 0.364. The van der Waals surface area contributed by atoms with Gasteiger partial charge in [0.15, 0.2) is 5.76 Å². The van der Waals surface area contributed by atoms with Crippen molar-refractivity contribution in [1.82, 2.24) is 15.0 Å². The molecule has 0 aliphatic carbocycles. The van der Waals surface area contributed by atoms with Crippen molar-refractivity contribution in [2.24, 2.45) is 11.7 Å². The monoisotopic (exact) mass is 423 g/mol. The fourth-order valence-corrected chi connectivity index (χ4v) is 3.69. The van der Waals surface area contributed by atoms with Crippen LogP contribution < -0.4 is 11.1 Å². The van der Waals surface area contributed by atoms with Crippen LogP contribution in [0.1, 0.15) is 30.7 Å². The molecule has 3 heterocycles. The van der Waals surface area contributed by atoms with Gasteiger partial charge in [0, 0.05) is 31.6 Å². The molecular weight excluding hydrogens is 398 g/mol. The number of nitrogens with two attached hydrogens (primary N) is 1. The molecule has 1 unspecified atom stereocenters. The Bertz CT molecular complexity index is 1010. The second-order valence-corrected chi connectivity index (χ2v) is 7.71. The molecule has 9 nitrogen and oxygen atoms in total. The predicted octanol–water partition coefficient (Wildman–Crippen LogP) is 2.60. The third-order valence-corrected chi connectivity index (χ3v) is 5.33. The Labute approximate surface area is 179 Å². The number of carbonyl (C=O) groups is 2. The van der Waals surface area contributed by atoms with Crippen molar-refractivity contribution in [1.29, 1.82) is 0 Å². The number of likely N-dealkylation sites (tertiary alicyclic amines) is 1. The van der Waals surface area contributed by atoms with Crippen molar-refractivity contribution in [3.63, 3.8) is 0 Å². The van der Waals surface area contributed by atoms with Crippen LogP contribution in [0.4, 0.5) is 5.69 Å². The Morgan fingerprint density at radius 1 is 1.23 bits per heavy atom. The molecule has 2 amide bonds. The molecule has 3 aromatic rings. The molecule has 4 rings (SSSR count). The highest BCUT2D eigenvalue weighted by atomic mass is 16.5. The summed E-state index contributed by atoms with van der Waals surface area (Å²) in [5.41, 5.74) is 7.30. The zero-order valence-corrected chi connectivity index (χ0v) is 17.1. The maximum Gasteiger partial charge on any atom is 0.238 e. The first-order valence-corrected chi connectivity index (χ1v) is 10.3. The quantitative estimate of drug-likeness (QED) is 0.570. The third kappa shape index (κ3) is 5.58. The van der Waals surface area contributed by atoms with E-state index in [2.05, 4.69) is 20.4 Å². The van der Waals surface area contributed by atoms with E-state index < -0.39 is 0 Å². The van der Waals surface area contributed by atoms with Crippen LogP contribution in [0.5, 0.6) is 0 Å². The maximum atomic E-state index is 12.3. The number of nitrogens with one attached hydrogen (secondary N) is 1. The zero-order chi connectivity index (χ0) is 21.6. The number of hydrogen-bond donors (Lipinski definition) is 2. The highest BCUT2D eigenvalue weighted by Gasteiger charge is 2.23. The SMILES string of the molecule is NC(=O)C1CCCN(Cc2ccc(NC(=O)CCc3nc(-c4ccco4)no3)cc2)C1. The Balaban J connectivity index is 1.24. The molecule has 1 aliphatic rings. The first kappa shape index (κ1) is 20.8. The van der Waals surface area contributed by atoms with Crippen molar-refractivity contribution in [2.45, 2.75) is 32.2 Å². The van der Waals surface area contributed by atoms with Gasteiger partial charge in [-0.05, 0) is 49.2 Å². The molecule has 1 aliphatic heterocycles. The minimum absolute atomic E-state index is 0.0682. The van der Waals surface area contributed by atoms with Crippen LogP contribution in [0.15, 0.2) is 51.6 Å². The Hall–Kier alpha value is -3.46. The number of hydrogen-bond acceptors (Lipinski definition) is 7. The standard InChI is InChI=1S/C22H25N5O4/c23-21(29)16-3-1-11-27(14-16)13-15-5-7-17(8-6-15)24-19(28)9-10-20-25-22(26-31-20)18-4-2-12-30-18/h2,4-8,12,16H,1,3,9-11,13-14H2,(H2,23,29)(H,24,28). The Morgan fingerprint density at radius 2 is 2.06 bits per heavy atom. The minimum atomic E-state index is -0.222. The number of carbonyl (C=O) groups excluding carboxylic acids is 2. The third-order valence-electron chi connectivity index (χ3n) is 5.33. The smallest absolute Gasteiger partial charge is 0.238 e. The number of rotatable bonds is 8. The molecule has 1 aromatic carbocycles. The number of aromatic nitrogens is 2. The molecule has 3 N–H and O–H groups in total. The summed E-state index contributed by atoms with van der Waals surface area (Å²) in [6, 6.07) is 11.2. The van der Waals surface area contributed by atoms with Crippen LogP contribution in [-0.2, 0) is 22.6 Å². The lowest BCUT2D eigenvalue weighted by Crippen LogP contribution is -2.40. The van der Waals surface area contributed by atoms with E-state index in [1.54, 1.807) is 12.1 Å². The zero-order valence-electron chi connectivity index (χ0n) is 17.1. The number of nitrogens with zero attached hydrogens (tertiary/aromatic N) is 3. The van der Waals surface area contributed by atoms with E-state index in [9.17, 15) is 9.59 Å². The van der Waals surface area contributed by atoms with Gasteiger partial charge < -0.3 is 20.0 Å². The molecular formula is C22H25N5O4. The van der Waals surface area contributed by atoms with Gasteiger partial charge in [0.05, 0.1) is 12.2 Å². The lowest BCUT2D eigenvalue weighted by Gasteiger charge is -2.31. The molecule has 162 valence electrons. The largest absolute Gasteiger partial charge is 0.461 e. The molecule has 1 atom stereocenters. The average molecular weight is 423 g/mol. The second kappa shape index (κ2) is 9.57. The van der Waals surface area contributed by atoms with Crippen molar-refractivity contribution < 1.29 is 18.5 Å². The summed E-state index contributed by atoms with van der Waals surface area (Å²) in [5.74, 6) is 0.849. The molecule has 2 aromatic heterocycles. The lowest BCUT2D eigenvalue weighted by molar-refractivity contribution is -0.123. The van der Waals surface area contributed by atoms with Gasteiger partial charge in [-0.2, -0.15) is 4.98 Å².